The van der Waals surface area contributed by atoms with Crippen LogP contribution in [0.25, 0.3) is 22.1 Å². The Morgan fingerprint density at radius 2 is 0.576 bits per heavy atom. The minimum absolute atomic E-state index is 0. The van der Waals surface area contributed by atoms with Gasteiger partial charge in [-0.15, -0.1) is 0 Å². The summed E-state index contributed by atoms with van der Waals surface area (Å²) in [5.74, 6) is 1.67. The second kappa shape index (κ2) is 23.8. The first kappa shape index (κ1) is 34.7. The summed E-state index contributed by atoms with van der Waals surface area (Å²) in [6.07, 6.45) is 6.79. The summed E-state index contributed by atoms with van der Waals surface area (Å²) in [6, 6.07) is 15.6. The summed E-state index contributed by atoms with van der Waals surface area (Å²) in [4.78, 5) is 16.5. The average molecular weight is 453 g/mol. The van der Waals surface area contributed by atoms with E-state index in [9.17, 15) is 0 Å². The predicted octanol–water partition coefficient (Wildman–Crippen LogP) is 9.27. The Balaban J connectivity index is -0.000000368. The fourth-order valence-corrected chi connectivity index (χ4v) is 1.82. The van der Waals surface area contributed by atoms with Gasteiger partial charge in [0.25, 0.3) is 0 Å². The van der Waals surface area contributed by atoms with Crippen molar-refractivity contribution in [3.05, 3.63) is 73.3 Å². The number of benzene rings is 2. The third-order valence-electron chi connectivity index (χ3n) is 2.75. The molecular formula is C29H48N4. The van der Waals surface area contributed by atoms with Crippen molar-refractivity contribution in [3.63, 3.8) is 0 Å². The second-order valence-electron chi connectivity index (χ2n) is 7.55. The molecule has 0 bridgehead atoms. The number of nitrogens with zero attached hydrogens (tertiary/aromatic N) is 4. The van der Waals surface area contributed by atoms with Gasteiger partial charge in [0.1, 0.15) is 0 Å². The smallest absolute Gasteiger partial charge is 0.0886 e. The molecule has 0 atom stereocenters. The van der Waals surface area contributed by atoms with E-state index in [1.54, 1.807) is 24.8 Å². The normalized spacial score (nSPS) is 8.61. The van der Waals surface area contributed by atoms with E-state index in [2.05, 4.69) is 61.5 Å². The van der Waals surface area contributed by atoms with Crippen molar-refractivity contribution in [2.75, 3.05) is 0 Å². The maximum atomic E-state index is 4.12. The standard InChI is InChI=1S/2C8H6N2.2C4H10.2C2H6.CH4/c2*1-2-4-8-7(3-1)9-5-6-10-8;2*1-4(2)3;2*1-2;/h2*1-6H;2*4H,1-3H3;2*1-2H3;1H4. The maximum absolute atomic E-state index is 4.12. The highest BCUT2D eigenvalue weighted by molar-refractivity contribution is 5.73. The fourth-order valence-electron chi connectivity index (χ4n) is 1.82. The van der Waals surface area contributed by atoms with Crippen LogP contribution in [0.5, 0.6) is 0 Å². The zero-order chi connectivity index (χ0) is 24.8. The summed E-state index contributed by atoms with van der Waals surface area (Å²) in [7, 11) is 0. The molecule has 0 N–H and O–H groups in total. The first-order valence-electron chi connectivity index (χ1n) is 11.7. The van der Waals surface area contributed by atoms with Crippen LogP contribution in [0.2, 0.25) is 0 Å². The van der Waals surface area contributed by atoms with Gasteiger partial charge in [-0.05, 0) is 36.1 Å². The van der Waals surface area contributed by atoms with Gasteiger partial charge in [-0.25, -0.2) is 0 Å². The third-order valence-corrected chi connectivity index (χ3v) is 2.75. The molecule has 0 saturated carbocycles. The predicted molar refractivity (Wildman–Crippen MR) is 150 cm³/mol. The molecule has 0 fully saturated rings. The number of hydrogen-bond acceptors (Lipinski definition) is 4. The van der Waals surface area contributed by atoms with Crippen molar-refractivity contribution >= 4 is 22.1 Å². The first-order chi connectivity index (χ1) is 15.4. The summed E-state index contributed by atoms with van der Waals surface area (Å²) in [5.41, 5.74) is 3.80. The van der Waals surface area contributed by atoms with Crippen LogP contribution in [-0.4, -0.2) is 19.9 Å². The molecule has 0 spiro atoms. The lowest BCUT2D eigenvalue weighted by molar-refractivity contribution is 0.736. The molecule has 2 aromatic carbocycles. The summed E-state index contributed by atoms with van der Waals surface area (Å²) < 4.78 is 0. The number of aromatic nitrogens is 4. The van der Waals surface area contributed by atoms with Crippen molar-refractivity contribution in [2.45, 2.75) is 76.7 Å². The highest BCUT2D eigenvalue weighted by Gasteiger charge is 1.89. The van der Waals surface area contributed by atoms with Gasteiger partial charge in [0.2, 0.25) is 0 Å². The van der Waals surface area contributed by atoms with Crippen LogP contribution in [0.4, 0.5) is 0 Å². The molecule has 33 heavy (non-hydrogen) atoms. The van der Waals surface area contributed by atoms with Crippen LogP contribution < -0.4 is 0 Å². The maximum Gasteiger partial charge on any atom is 0.0886 e. The Bertz CT molecular complexity index is 707. The molecule has 0 aliphatic rings. The van der Waals surface area contributed by atoms with Crippen LogP contribution in [0.1, 0.15) is 76.7 Å². The molecule has 0 saturated heterocycles. The average Bonchev–Trinajstić information content (AvgIpc) is 2.82. The third kappa shape index (κ3) is 19.5. The van der Waals surface area contributed by atoms with Crippen molar-refractivity contribution in [1.29, 1.82) is 0 Å². The molecule has 0 amide bonds. The molecule has 0 aliphatic heterocycles. The number of rotatable bonds is 0. The Morgan fingerprint density at radius 1 is 0.424 bits per heavy atom. The van der Waals surface area contributed by atoms with E-state index in [0.29, 0.717) is 0 Å². The van der Waals surface area contributed by atoms with Gasteiger partial charge >= 0.3 is 0 Å². The zero-order valence-corrected chi connectivity index (χ0v) is 21.9. The van der Waals surface area contributed by atoms with Gasteiger partial charge in [0, 0.05) is 24.8 Å². The topological polar surface area (TPSA) is 51.6 Å². The highest BCUT2D eigenvalue weighted by Crippen LogP contribution is 2.05. The Labute approximate surface area is 204 Å². The molecule has 184 valence electrons. The molecule has 0 aliphatic carbocycles. The molecule has 0 radical (unpaired) electrons. The van der Waals surface area contributed by atoms with Crippen molar-refractivity contribution in [1.82, 2.24) is 19.9 Å². The van der Waals surface area contributed by atoms with Crippen molar-refractivity contribution in [2.24, 2.45) is 11.8 Å². The van der Waals surface area contributed by atoms with E-state index in [1.807, 2.05) is 76.2 Å². The second-order valence-corrected chi connectivity index (χ2v) is 7.55. The van der Waals surface area contributed by atoms with Gasteiger partial charge in [0.05, 0.1) is 22.1 Å². The quantitative estimate of drug-likeness (QED) is 0.267. The summed E-state index contributed by atoms with van der Waals surface area (Å²) >= 11 is 0. The Hall–Kier alpha value is -2.88. The van der Waals surface area contributed by atoms with Crippen LogP contribution in [0.3, 0.4) is 0 Å². The molecule has 4 heteroatoms. The lowest BCUT2D eigenvalue weighted by Crippen LogP contribution is -1.78. The molecule has 2 heterocycles. The summed E-state index contributed by atoms with van der Waals surface area (Å²) in [6.45, 7) is 21.0. The highest BCUT2D eigenvalue weighted by atomic mass is 14.8. The number of para-hydroxylation sites is 4. The van der Waals surface area contributed by atoms with E-state index in [4.69, 9.17) is 0 Å². The molecule has 4 aromatic rings. The van der Waals surface area contributed by atoms with E-state index in [0.717, 1.165) is 33.9 Å². The molecule has 2 aromatic heterocycles. The van der Waals surface area contributed by atoms with Crippen LogP contribution >= 0.6 is 0 Å². The number of fused-ring (bicyclic) bond motifs is 2. The minimum atomic E-state index is 0. The molecule has 4 rings (SSSR count). The zero-order valence-electron chi connectivity index (χ0n) is 21.9. The monoisotopic (exact) mass is 452 g/mol. The van der Waals surface area contributed by atoms with E-state index in [-0.39, 0.29) is 7.43 Å². The van der Waals surface area contributed by atoms with Crippen LogP contribution in [-0.2, 0) is 0 Å². The van der Waals surface area contributed by atoms with E-state index in [1.165, 1.54) is 0 Å². The summed E-state index contributed by atoms with van der Waals surface area (Å²) in [5, 5.41) is 0. The van der Waals surface area contributed by atoms with Gasteiger partial charge in [-0.1, -0.05) is 101 Å². The molecule has 4 nitrogen and oxygen atoms in total. The van der Waals surface area contributed by atoms with Gasteiger partial charge in [0.15, 0.2) is 0 Å². The largest absolute Gasteiger partial charge is 0.253 e. The van der Waals surface area contributed by atoms with E-state index >= 15 is 0 Å². The van der Waals surface area contributed by atoms with Crippen LogP contribution in [0.15, 0.2) is 73.3 Å². The van der Waals surface area contributed by atoms with Gasteiger partial charge in [-0.3, -0.25) is 19.9 Å². The molecule has 0 unspecified atom stereocenters. The van der Waals surface area contributed by atoms with Crippen molar-refractivity contribution in [3.8, 4) is 0 Å². The first-order valence-corrected chi connectivity index (χ1v) is 11.7. The lowest BCUT2D eigenvalue weighted by Gasteiger charge is -1.90. The minimum Gasteiger partial charge on any atom is -0.253 e. The number of hydrogen-bond donors (Lipinski definition) is 0. The Morgan fingerprint density at radius 3 is 0.727 bits per heavy atom. The lowest BCUT2D eigenvalue weighted by atomic mass is 10.3. The van der Waals surface area contributed by atoms with Crippen molar-refractivity contribution < 1.29 is 0 Å². The van der Waals surface area contributed by atoms with E-state index < -0.39 is 0 Å². The van der Waals surface area contributed by atoms with Gasteiger partial charge < -0.3 is 0 Å². The fraction of sp³-hybridized carbons (Fsp3) is 0.448. The van der Waals surface area contributed by atoms with Crippen LogP contribution in [0, 0.1) is 11.8 Å². The SMILES string of the molecule is C.CC.CC.CC(C)C.CC(C)C.c1ccc2nccnc2c1.c1ccc2nccnc2c1. The molecular weight excluding hydrogens is 404 g/mol. The van der Waals surface area contributed by atoms with Gasteiger partial charge in [-0.2, -0.15) is 0 Å². The Kier molecular flexibility index (Phi) is 25.0.